The maximum absolute atomic E-state index is 5.69. The zero-order chi connectivity index (χ0) is 12.4. The summed E-state index contributed by atoms with van der Waals surface area (Å²) in [4.78, 5) is 8.16. The van der Waals surface area contributed by atoms with Crippen LogP contribution in [0.1, 0.15) is 11.5 Å². The topological polar surface area (TPSA) is 38.9 Å². The Labute approximate surface area is 112 Å². The highest BCUT2D eigenvalue weighted by Gasteiger charge is 2.01. The van der Waals surface area contributed by atoms with Gasteiger partial charge in [-0.15, -0.1) is 0 Å². The monoisotopic (exact) mass is 300 g/mol. The molecular formula is C14H9BrN2O. The standard InChI is InChI=1S/C14H9BrN2O/c15-11-1-4-14-10(7-11)8-13(18-14)3-2-12-9-16-5-6-17-12/h1-9H/b3-2+. The van der Waals surface area contributed by atoms with Crippen LogP contribution in [-0.2, 0) is 0 Å². The Bertz CT molecular complexity index is 704. The highest BCUT2D eigenvalue weighted by atomic mass is 79.9. The van der Waals surface area contributed by atoms with E-state index in [2.05, 4.69) is 25.9 Å². The van der Waals surface area contributed by atoms with E-state index in [1.807, 2.05) is 36.4 Å². The van der Waals surface area contributed by atoms with E-state index in [0.29, 0.717) is 0 Å². The van der Waals surface area contributed by atoms with Gasteiger partial charge >= 0.3 is 0 Å². The van der Waals surface area contributed by atoms with E-state index < -0.39 is 0 Å². The SMILES string of the molecule is Brc1ccc2oc(/C=C/c3cnccn3)cc2c1. The number of hydrogen-bond acceptors (Lipinski definition) is 3. The maximum atomic E-state index is 5.69. The van der Waals surface area contributed by atoms with Crippen LogP contribution in [0.3, 0.4) is 0 Å². The van der Waals surface area contributed by atoms with Crippen molar-refractivity contribution in [2.45, 2.75) is 0 Å². The number of nitrogens with zero attached hydrogens (tertiary/aromatic N) is 2. The highest BCUT2D eigenvalue weighted by molar-refractivity contribution is 9.10. The van der Waals surface area contributed by atoms with Gasteiger partial charge in [0.15, 0.2) is 0 Å². The highest BCUT2D eigenvalue weighted by Crippen LogP contribution is 2.24. The third-order valence-electron chi connectivity index (χ3n) is 2.50. The molecule has 0 fully saturated rings. The number of rotatable bonds is 2. The van der Waals surface area contributed by atoms with Gasteiger partial charge in [-0.25, -0.2) is 0 Å². The lowest BCUT2D eigenvalue weighted by molar-refractivity contribution is 0.604. The molecule has 0 unspecified atom stereocenters. The number of hydrogen-bond donors (Lipinski definition) is 0. The Morgan fingerprint density at radius 3 is 2.89 bits per heavy atom. The fourth-order valence-corrected chi connectivity index (χ4v) is 2.06. The van der Waals surface area contributed by atoms with Crippen LogP contribution in [0.5, 0.6) is 0 Å². The van der Waals surface area contributed by atoms with Crippen LogP contribution in [0.25, 0.3) is 23.1 Å². The van der Waals surface area contributed by atoms with Gasteiger partial charge in [0, 0.05) is 22.3 Å². The molecule has 2 aromatic heterocycles. The summed E-state index contributed by atoms with van der Waals surface area (Å²) in [5.41, 5.74) is 1.68. The smallest absolute Gasteiger partial charge is 0.134 e. The second-order valence-electron chi connectivity index (χ2n) is 3.79. The van der Waals surface area contributed by atoms with Crippen molar-refractivity contribution >= 4 is 39.1 Å². The number of fused-ring (bicyclic) bond motifs is 1. The summed E-state index contributed by atoms with van der Waals surface area (Å²) in [6.45, 7) is 0. The van der Waals surface area contributed by atoms with Gasteiger partial charge in [-0.1, -0.05) is 15.9 Å². The maximum Gasteiger partial charge on any atom is 0.134 e. The molecule has 0 aliphatic heterocycles. The molecular weight excluding hydrogens is 292 g/mol. The Morgan fingerprint density at radius 2 is 2.06 bits per heavy atom. The number of halogens is 1. The summed E-state index contributed by atoms with van der Waals surface area (Å²) in [5, 5.41) is 1.07. The van der Waals surface area contributed by atoms with E-state index in [1.165, 1.54) is 0 Å². The van der Waals surface area contributed by atoms with Gasteiger partial charge in [-0.2, -0.15) is 0 Å². The molecule has 1 aromatic carbocycles. The second kappa shape index (κ2) is 4.74. The van der Waals surface area contributed by atoms with Crippen molar-refractivity contribution < 1.29 is 4.42 Å². The Balaban J connectivity index is 1.93. The average molecular weight is 301 g/mol. The number of furan rings is 1. The van der Waals surface area contributed by atoms with Crippen molar-refractivity contribution in [3.63, 3.8) is 0 Å². The molecule has 3 rings (SSSR count). The Hall–Kier alpha value is -1.94. The lowest BCUT2D eigenvalue weighted by atomic mass is 10.2. The first-order valence-corrected chi connectivity index (χ1v) is 6.24. The molecule has 0 spiro atoms. The molecule has 0 radical (unpaired) electrons. The summed E-state index contributed by atoms with van der Waals surface area (Å²) in [6, 6.07) is 7.92. The molecule has 0 saturated carbocycles. The van der Waals surface area contributed by atoms with Crippen LogP contribution in [0.2, 0.25) is 0 Å². The quantitative estimate of drug-likeness (QED) is 0.713. The van der Waals surface area contributed by atoms with E-state index >= 15 is 0 Å². The fraction of sp³-hybridized carbons (Fsp3) is 0. The minimum absolute atomic E-state index is 0.800. The van der Waals surface area contributed by atoms with Crippen LogP contribution >= 0.6 is 15.9 Å². The molecule has 0 amide bonds. The number of aromatic nitrogens is 2. The van der Waals surface area contributed by atoms with Gasteiger partial charge in [0.25, 0.3) is 0 Å². The Kier molecular flexibility index (Phi) is 2.94. The van der Waals surface area contributed by atoms with Gasteiger partial charge in [0.05, 0.1) is 11.9 Å². The normalized spacial score (nSPS) is 11.4. The van der Waals surface area contributed by atoms with Crippen LogP contribution in [-0.4, -0.2) is 9.97 Å². The molecule has 2 heterocycles. The average Bonchev–Trinajstić information content (AvgIpc) is 2.79. The lowest BCUT2D eigenvalue weighted by Gasteiger charge is -1.88. The van der Waals surface area contributed by atoms with Crippen molar-refractivity contribution in [1.29, 1.82) is 0 Å². The third kappa shape index (κ3) is 2.33. The van der Waals surface area contributed by atoms with Gasteiger partial charge < -0.3 is 4.42 Å². The van der Waals surface area contributed by atoms with Gasteiger partial charge in [-0.05, 0) is 36.4 Å². The lowest BCUT2D eigenvalue weighted by Crippen LogP contribution is -1.79. The molecule has 0 N–H and O–H groups in total. The minimum Gasteiger partial charge on any atom is -0.457 e. The van der Waals surface area contributed by atoms with Crippen molar-refractivity contribution in [3.05, 3.63) is 58.8 Å². The second-order valence-corrected chi connectivity index (χ2v) is 4.71. The molecule has 0 bridgehead atoms. The Morgan fingerprint density at radius 1 is 1.11 bits per heavy atom. The van der Waals surface area contributed by atoms with Crippen molar-refractivity contribution in [1.82, 2.24) is 9.97 Å². The predicted octanol–water partition coefficient (Wildman–Crippen LogP) is 4.16. The van der Waals surface area contributed by atoms with Crippen LogP contribution in [0, 0.1) is 0 Å². The molecule has 3 nitrogen and oxygen atoms in total. The first kappa shape index (κ1) is 11.2. The molecule has 3 aromatic rings. The van der Waals surface area contributed by atoms with E-state index in [9.17, 15) is 0 Å². The molecule has 0 atom stereocenters. The molecule has 0 saturated heterocycles. The molecule has 4 heteroatoms. The van der Waals surface area contributed by atoms with Gasteiger partial charge in [0.2, 0.25) is 0 Å². The molecule has 88 valence electrons. The summed E-state index contributed by atoms with van der Waals surface area (Å²) in [6.07, 6.45) is 8.78. The van der Waals surface area contributed by atoms with Gasteiger partial charge in [-0.3, -0.25) is 9.97 Å². The fourth-order valence-electron chi connectivity index (χ4n) is 1.68. The zero-order valence-corrected chi connectivity index (χ0v) is 11.0. The summed E-state index contributed by atoms with van der Waals surface area (Å²) in [7, 11) is 0. The van der Waals surface area contributed by atoms with Crippen molar-refractivity contribution in [2.75, 3.05) is 0 Å². The first-order valence-electron chi connectivity index (χ1n) is 5.44. The van der Waals surface area contributed by atoms with E-state index in [1.54, 1.807) is 18.6 Å². The zero-order valence-electron chi connectivity index (χ0n) is 9.38. The minimum atomic E-state index is 0.800. The summed E-state index contributed by atoms with van der Waals surface area (Å²) >= 11 is 3.44. The predicted molar refractivity (Wildman–Crippen MR) is 74.9 cm³/mol. The number of benzene rings is 1. The van der Waals surface area contributed by atoms with Crippen LogP contribution in [0.4, 0.5) is 0 Å². The van der Waals surface area contributed by atoms with E-state index in [0.717, 1.165) is 26.9 Å². The largest absolute Gasteiger partial charge is 0.457 e. The first-order chi connectivity index (χ1) is 8.81. The van der Waals surface area contributed by atoms with Crippen molar-refractivity contribution in [2.24, 2.45) is 0 Å². The van der Waals surface area contributed by atoms with Crippen LogP contribution < -0.4 is 0 Å². The van der Waals surface area contributed by atoms with Crippen molar-refractivity contribution in [3.8, 4) is 0 Å². The van der Waals surface area contributed by atoms with E-state index in [-0.39, 0.29) is 0 Å². The molecule has 18 heavy (non-hydrogen) atoms. The molecule has 0 aliphatic carbocycles. The molecule has 0 aliphatic rings. The van der Waals surface area contributed by atoms with Gasteiger partial charge in [0.1, 0.15) is 11.3 Å². The summed E-state index contributed by atoms with van der Waals surface area (Å²) < 4.78 is 6.73. The summed E-state index contributed by atoms with van der Waals surface area (Å²) in [5.74, 6) is 0.800. The third-order valence-corrected chi connectivity index (χ3v) is 2.99. The van der Waals surface area contributed by atoms with E-state index in [4.69, 9.17) is 4.42 Å². The van der Waals surface area contributed by atoms with Crippen LogP contribution in [0.15, 0.2) is 51.7 Å².